The van der Waals surface area contributed by atoms with Crippen LogP contribution < -0.4 is 20.7 Å². The van der Waals surface area contributed by atoms with Gasteiger partial charge in [0.2, 0.25) is 5.88 Å². The van der Waals surface area contributed by atoms with Crippen LogP contribution in [0.25, 0.3) is 16.6 Å². The number of benzene rings is 2. The number of aromatic nitrogens is 3. The van der Waals surface area contributed by atoms with Gasteiger partial charge in [-0.2, -0.15) is 0 Å². The summed E-state index contributed by atoms with van der Waals surface area (Å²) in [6, 6.07) is 12.7. The zero-order chi connectivity index (χ0) is 24.2. The third-order valence-electron chi connectivity index (χ3n) is 5.76. The minimum Gasteiger partial charge on any atom is -0.497 e. The van der Waals surface area contributed by atoms with Gasteiger partial charge in [0.15, 0.2) is 0 Å². The molecule has 176 valence electrons. The Balaban J connectivity index is 1.72. The molecule has 3 N–H and O–H groups in total. The average Bonchev–Trinajstić information content (AvgIpc) is 3.25. The number of H-pyrrole nitrogens is 2. The van der Waals surface area contributed by atoms with Crippen LogP contribution in [-0.2, 0) is 6.42 Å². The first-order chi connectivity index (χ1) is 16.5. The molecular weight excluding hydrogens is 436 g/mol. The summed E-state index contributed by atoms with van der Waals surface area (Å²) >= 11 is 0. The van der Waals surface area contributed by atoms with Crippen molar-refractivity contribution in [1.82, 2.24) is 14.5 Å². The predicted molar refractivity (Wildman–Crippen MR) is 131 cm³/mol. The molecule has 0 radical (unpaired) electrons. The van der Waals surface area contributed by atoms with E-state index in [-0.39, 0.29) is 17.3 Å². The van der Waals surface area contributed by atoms with Gasteiger partial charge >= 0.3 is 5.69 Å². The van der Waals surface area contributed by atoms with E-state index in [2.05, 4.69) is 15.0 Å². The van der Waals surface area contributed by atoms with Crippen LogP contribution in [0.4, 0.5) is 0 Å². The summed E-state index contributed by atoms with van der Waals surface area (Å²) in [6.45, 7) is 2.00. The van der Waals surface area contributed by atoms with Crippen LogP contribution in [0, 0.1) is 0 Å². The smallest absolute Gasteiger partial charge is 0.335 e. The lowest BCUT2D eigenvalue weighted by Crippen LogP contribution is -2.31. The van der Waals surface area contributed by atoms with E-state index in [1.165, 1.54) is 26.5 Å². The number of hydrogen-bond donors (Lipinski definition) is 3. The highest BCUT2D eigenvalue weighted by molar-refractivity contribution is 5.84. The molecule has 9 nitrogen and oxygen atoms in total. The largest absolute Gasteiger partial charge is 0.497 e. The highest BCUT2D eigenvalue weighted by Gasteiger charge is 2.19. The number of nitrogens with one attached hydrogen (secondary N) is 2. The van der Waals surface area contributed by atoms with Crippen LogP contribution in [0.3, 0.4) is 0 Å². The van der Waals surface area contributed by atoms with Crippen LogP contribution in [0.15, 0.2) is 63.2 Å². The molecule has 0 spiro atoms. The molecule has 0 aliphatic carbocycles. The number of aromatic hydroxyl groups is 1. The van der Waals surface area contributed by atoms with E-state index in [0.717, 1.165) is 27.5 Å². The minimum absolute atomic E-state index is 0.123. The molecule has 0 amide bonds. The van der Waals surface area contributed by atoms with Crippen LogP contribution in [0.5, 0.6) is 17.4 Å². The number of rotatable bonds is 8. The normalized spacial score (nSPS) is 12.3. The third kappa shape index (κ3) is 4.32. The monoisotopic (exact) mass is 462 g/mol. The van der Waals surface area contributed by atoms with E-state index < -0.39 is 17.1 Å². The summed E-state index contributed by atoms with van der Waals surface area (Å²) in [7, 11) is 2.93. The number of aromatic amines is 2. The predicted octanol–water partition coefficient (Wildman–Crippen LogP) is 3.17. The molecule has 0 saturated carbocycles. The van der Waals surface area contributed by atoms with Gasteiger partial charge < -0.3 is 19.6 Å². The molecule has 0 fully saturated rings. The first-order valence-corrected chi connectivity index (χ1v) is 10.9. The van der Waals surface area contributed by atoms with E-state index in [1.807, 2.05) is 37.4 Å². The van der Waals surface area contributed by atoms with Gasteiger partial charge in [0, 0.05) is 29.4 Å². The van der Waals surface area contributed by atoms with Crippen molar-refractivity contribution in [2.24, 2.45) is 4.99 Å². The van der Waals surface area contributed by atoms with Gasteiger partial charge in [0.05, 0.1) is 25.9 Å². The van der Waals surface area contributed by atoms with Gasteiger partial charge in [-0.1, -0.05) is 25.1 Å². The lowest BCUT2D eigenvalue weighted by atomic mass is 10.0. The van der Waals surface area contributed by atoms with Crippen molar-refractivity contribution in [1.29, 1.82) is 0 Å². The van der Waals surface area contributed by atoms with Gasteiger partial charge in [-0.15, -0.1) is 0 Å². The van der Waals surface area contributed by atoms with Crippen LogP contribution in [-0.4, -0.2) is 46.1 Å². The zero-order valence-corrected chi connectivity index (χ0v) is 19.2. The maximum Gasteiger partial charge on any atom is 0.335 e. The van der Waals surface area contributed by atoms with E-state index in [4.69, 9.17) is 9.47 Å². The van der Waals surface area contributed by atoms with Crippen molar-refractivity contribution < 1.29 is 14.6 Å². The fourth-order valence-corrected chi connectivity index (χ4v) is 3.89. The van der Waals surface area contributed by atoms with Crippen LogP contribution in [0.2, 0.25) is 0 Å². The maximum atomic E-state index is 12.6. The van der Waals surface area contributed by atoms with Crippen LogP contribution in [0.1, 0.15) is 24.5 Å². The molecule has 4 rings (SSSR count). The summed E-state index contributed by atoms with van der Waals surface area (Å²) in [4.78, 5) is 35.2. The molecule has 2 aromatic heterocycles. The molecule has 4 aromatic rings. The van der Waals surface area contributed by atoms with E-state index in [1.54, 1.807) is 12.1 Å². The number of hydrogen-bond acceptors (Lipinski definition) is 6. The summed E-state index contributed by atoms with van der Waals surface area (Å²) in [5, 5.41) is 12.0. The molecule has 0 saturated heterocycles. The van der Waals surface area contributed by atoms with Gasteiger partial charge in [0.1, 0.15) is 17.1 Å². The molecule has 34 heavy (non-hydrogen) atoms. The number of fused-ring (bicyclic) bond motifs is 1. The topological polar surface area (TPSA) is 122 Å². The van der Waals surface area contributed by atoms with Gasteiger partial charge in [-0.3, -0.25) is 14.8 Å². The van der Waals surface area contributed by atoms with Gasteiger partial charge in [-0.25, -0.2) is 9.36 Å². The number of aliphatic imine (C=N–C) groups is 1. The highest BCUT2D eigenvalue weighted by atomic mass is 16.5. The second-order valence-electron chi connectivity index (χ2n) is 7.77. The Labute approximate surface area is 195 Å². The van der Waals surface area contributed by atoms with Crippen LogP contribution >= 0.6 is 0 Å². The lowest BCUT2D eigenvalue weighted by molar-refractivity contribution is 0.393. The van der Waals surface area contributed by atoms with Gasteiger partial charge in [-0.05, 0) is 36.6 Å². The standard InChI is InChI=1S/C25H26N4O5/c1-4-16(11-15-13-27-20-8-6-5-7-18(15)20)26-14-19-23(30)28-25(32)29(24(19)31)21-12-17(33-2)9-10-22(21)34-3/h5-10,12-14,16,27,31H,4,11H2,1-3H3,(H,28,30,32). The Bertz CT molecular complexity index is 1460. The first kappa shape index (κ1) is 22.9. The SMILES string of the molecule is CCC(Cc1c[nH]c2ccccc12)N=Cc1c(O)n(-c2cc(OC)ccc2OC)c(=O)[nH]c1=O. The van der Waals surface area contributed by atoms with Gasteiger partial charge in [0.25, 0.3) is 5.56 Å². The number of ether oxygens (including phenoxy) is 2. The van der Waals surface area contributed by atoms with Crippen molar-refractivity contribution in [3.63, 3.8) is 0 Å². The number of methoxy groups -OCH3 is 2. The molecular formula is C25H26N4O5. The molecule has 2 aromatic carbocycles. The Morgan fingerprint density at radius 3 is 2.68 bits per heavy atom. The molecule has 2 heterocycles. The summed E-state index contributed by atoms with van der Waals surface area (Å²) < 4.78 is 11.5. The first-order valence-electron chi connectivity index (χ1n) is 10.9. The molecule has 9 heteroatoms. The number of para-hydroxylation sites is 1. The molecule has 0 aliphatic heterocycles. The Morgan fingerprint density at radius 1 is 1.15 bits per heavy atom. The summed E-state index contributed by atoms with van der Waals surface area (Å²) in [5.74, 6) is 0.234. The minimum atomic E-state index is -0.808. The van der Waals surface area contributed by atoms with Crippen molar-refractivity contribution in [2.75, 3.05) is 14.2 Å². The Hall–Kier alpha value is -4.27. The fraction of sp³-hybridized carbons (Fsp3) is 0.240. The molecule has 1 unspecified atom stereocenters. The molecule has 0 bridgehead atoms. The summed E-state index contributed by atoms with van der Waals surface area (Å²) in [5.41, 5.74) is 0.722. The summed E-state index contributed by atoms with van der Waals surface area (Å²) in [6.07, 6.45) is 4.65. The quantitative estimate of drug-likeness (QED) is 0.347. The van der Waals surface area contributed by atoms with Crippen molar-refractivity contribution >= 4 is 17.1 Å². The molecule has 1 atom stereocenters. The number of nitrogens with zero attached hydrogens (tertiary/aromatic N) is 2. The second kappa shape index (κ2) is 9.70. The fourth-order valence-electron chi connectivity index (χ4n) is 3.89. The van der Waals surface area contributed by atoms with E-state index >= 15 is 0 Å². The van der Waals surface area contributed by atoms with Crippen molar-refractivity contribution in [3.05, 3.63) is 80.6 Å². The Kier molecular flexibility index (Phi) is 6.53. The molecule has 0 aliphatic rings. The maximum absolute atomic E-state index is 12.6. The lowest BCUT2D eigenvalue weighted by Gasteiger charge is -2.14. The Morgan fingerprint density at radius 2 is 1.94 bits per heavy atom. The highest BCUT2D eigenvalue weighted by Crippen LogP contribution is 2.29. The third-order valence-corrected chi connectivity index (χ3v) is 5.76. The van der Waals surface area contributed by atoms with E-state index in [9.17, 15) is 14.7 Å². The average molecular weight is 463 g/mol. The van der Waals surface area contributed by atoms with Crippen molar-refractivity contribution in [2.45, 2.75) is 25.8 Å². The second-order valence-corrected chi connectivity index (χ2v) is 7.77. The van der Waals surface area contributed by atoms with Crippen molar-refractivity contribution in [3.8, 4) is 23.1 Å². The van der Waals surface area contributed by atoms with E-state index in [0.29, 0.717) is 17.9 Å². The zero-order valence-electron chi connectivity index (χ0n) is 19.2.